The molecule has 0 heterocycles. The standard InChI is InChI=1S/C22H29NO3/c1-3-4-15-20(21(24)22(25)26-2)23(16-18-11-7-5-8-12-18)17-19-13-9-6-10-14-19/h5-14,20-21,24H,3-4,15-17H2,1-2H3. The zero-order chi connectivity index (χ0) is 18.8. The molecule has 0 aliphatic carbocycles. The van der Waals surface area contributed by atoms with Gasteiger partial charge in [0, 0.05) is 19.1 Å². The normalized spacial score (nSPS) is 13.4. The Hall–Kier alpha value is -2.17. The molecule has 2 atom stereocenters. The van der Waals surface area contributed by atoms with E-state index in [1.807, 2.05) is 36.4 Å². The molecule has 0 fully saturated rings. The fourth-order valence-corrected chi connectivity index (χ4v) is 3.16. The number of aliphatic hydroxyl groups is 1. The Morgan fingerprint density at radius 2 is 1.50 bits per heavy atom. The number of carbonyl (C=O) groups excluding carboxylic acids is 1. The highest BCUT2D eigenvalue weighted by molar-refractivity contribution is 5.75. The number of methoxy groups -OCH3 is 1. The Bertz CT molecular complexity index is 603. The van der Waals surface area contributed by atoms with Gasteiger partial charge in [-0.05, 0) is 17.5 Å². The van der Waals surface area contributed by atoms with E-state index in [-0.39, 0.29) is 6.04 Å². The zero-order valence-corrected chi connectivity index (χ0v) is 15.7. The maximum Gasteiger partial charge on any atom is 0.336 e. The lowest BCUT2D eigenvalue weighted by Gasteiger charge is -2.34. The maximum absolute atomic E-state index is 12.0. The summed E-state index contributed by atoms with van der Waals surface area (Å²) in [4.78, 5) is 14.2. The highest BCUT2D eigenvalue weighted by Gasteiger charge is 2.31. The van der Waals surface area contributed by atoms with Crippen molar-refractivity contribution in [3.05, 3.63) is 71.8 Å². The second-order valence-electron chi connectivity index (χ2n) is 6.55. The molecule has 2 unspecified atom stereocenters. The molecule has 2 aromatic carbocycles. The van der Waals surface area contributed by atoms with Gasteiger partial charge in [0.1, 0.15) is 0 Å². The average molecular weight is 355 g/mol. The zero-order valence-electron chi connectivity index (χ0n) is 15.7. The predicted octanol–water partition coefficient (Wildman–Crippen LogP) is 3.78. The molecule has 140 valence electrons. The van der Waals surface area contributed by atoms with Crippen LogP contribution < -0.4 is 0 Å². The maximum atomic E-state index is 12.0. The molecule has 0 radical (unpaired) electrons. The van der Waals surface area contributed by atoms with E-state index in [0.717, 1.165) is 30.4 Å². The first kappa shape index (κ1) is 20.1. The first-order valence-electron chi connectivity index (χ1n) is 9.23. The molecule has 4 heteroatoms. The minimum absolute atomic E-state index is 0.289. The van der Waals surface area contributed by atoms with Gasteiger partial charge in [-0.2, -0.15) is 0 Å². The van der Waals surface area contributed by atoms with Crippen LogP contribution >= 0.6 is 0 Å². The summed E-state index contributed by atoms with van der Waals surface area (Å²) in [5, 5.41) is 10.6. The van der Waals surface area contributed by atoms with E-state index in [9.17, 15) is 9.90 Å². The highest BCUT2D eigenvalue weighted by atomic mass is 16.5. The molecular formula is C22H29NO3. The Kier molecular flexibility index (Phi) is 8.32. The molecule has 1 N–H and O–H groups in total. The van der Waals surface area contributed by atoms with Crippen molar-refractivity contribution in [1.29, 1.82) is 0 Å². The van der Waals surface area contributed by atoms with Gasteiger partial charge < -0.3 is 9.84 Å². The average Bonchev–Trinajstić information content (AvgIpc) is 2.69. The lowest BCUT2D eigenvalue weighted by atomic mass is 10.00. The number of aliphatic hydroxyl groups excluding tert-OH is 1. The van der Waals surface area contributed by atoms with Crippen LogP contribution in [0.3, 0.4) is 0 Å². The molecular weight excluding hydrogens is 326 g/mol. The van der Waals surface area contributed by atoms with Crippen LogP contribution in [-0.2, 0) is 22.6 Å². The Balaban J connectivity index is 2.28. The SMILES string of the molecule is CCCCC(C(O)C(=O)OC)N(Cc1ccccc1)Cc1ccccc1. The van der Waals surface area contributed by atoms with E-state index in [2.05, 4.69) is 36.1 Å². The number of ether oxygens (including phenoxy) is 1. The van der Waals surface area contributed by atoms with E-state index in [1.165, 1.54) is 7.11 Å². The van der Waals surface area contributed by atoms with Gasteiger partial charge in [-0.15, -0.1) is 0 Å². The molecule has 4 nitrogen and oxygen atoms in total. The van der Waals surface area contributed by atoms with Crippen LogP contribution in [0.2, 0.25) is 0 Å². The summed E-state index contributed by atoms with van der Waals surface area (Å²) in [6.45, 7) is 3.44. The summed E-state index contributed by atoms with van der Waals surface area (Å²) in [6, 6.07) is 20.0. The van der Waals surface area contributed by atoms with Crippen molar-refractivity contribution in [2.75, 3.05) is 7.11 Å². The molecule has 0 saturated heterocycles. The molecule has 0 spiro atoms. The van der Waals surface area contributed by atoms with Crippen LogP contribution in [0.5, 0.6) is 0 Å². The predicted molar refractivity (Wildman–Crippen MR) is 103 cm³/mol. The second kappa shape index (κ2) is 10.7. The molecule has 2 rings (SSSR count). The monoisotopic (exact) mass is 355 g/mol. The van der Waals surface area contributed by atoms with Crippen molar-refractivity contribution in [2.45, 2.75) is 51.4 Å². The van der Waals surface area contributed by atoms with E-state index < -0.39 is 12.1 Å². The number of hydrogen-bond acceptors (Lipinski definition) is 4. The summed E-state index contributed by atoms with van der Waals surface area (Å²) in [5.74, 6) is -0.572. The molecule has 2 aromatic rings. The number of unbranched alkanes of at least 4 members (excludes halogenated alkanes) is 1. The largest absolute Gasteiger partial charge is 0.467 e. The summed E-state index contributed by atoms with van der Waals surface area (Å²) in [6.07, 6.45) is 1.54. The minimum atomic E-state index is -1.15. The van der Waals surface area contributed by atoms with Crippen LogP contribution in [0.25, 0.3) is 0 Å². The van der Waals surface area contributed by atoms with Gasteiger partial charge in [0.25, 0.3) is 0 Å². The van der Waals surface area contributed by atoms with Crippen LogP contribution in [0.15, 0.2) is 60.7 Å². The third kappa shape index (κ3) is 5.97. The lowest BCUT2D eigenvalue weighted by molar-refractivity contribution is -0.155. The smallest absolute Gasteiger partial charge is 0.336 e. The van der Waals surface area contributed by atoms with E-state index in [0.29, 0.717) is 13.1 Å². The van der Waals surface area contributed by atoms with Crippen LogP contribution in [0.4, 0.5) is 0 Å². The fraction of sp³-hybridized carbons (Fsp3) is 0.409. The van der Waals surface area contributed by atoms with Gasteiger partial charge in [0.05, 0.1) is 7.11 Å². The van der Waals surface area contributed by atoms with Crippen molar-refractivity contribution in [2.24, 2.45) is 0 Å². The molecule has 0 bridgehead atoms. The first-order valence-corrected chi connectivity index (χ1v) is 9.23. The first-order chi connectivity index (χ1) is 12.7. The van der Waals surface area contributed by atoms with Crippen LogP contribution in [0, 0.1) is 0 Å². The summed E-state index contributed by atoms with van der Waals surface area (Å²) >= 11 is 0. The van der Waals surface area contributed by atoms with Gasteiger partial charge >= 0.3 is 5.97 Å². The highest BCUT2D eigenvalue weighted by Crippen LogP contribution is 2.20. The number of hydrogen-bond donors (Lipinski definition) is 1. The van der Waals surface area contributed by atoms with Crippen molar-refractivity contribution >= 4 is 5.97 Å². The number of benzene rings is 2. The Labute approximate surface area is 156 Å². The van der Waals surface area contributed by atoms with Gasteiger partial charge in [-0.3, -0.25) is 4.90 Å². The molecule has 0 aliphatic rings. The third-order valence-corrected chi connectivity index (χ3v) is 4.59. The van der Waals surface area contributed by atoms with E-state index in [1.54, 1.807) is 0 Å². The summed E-state index contributed by atoms with van der Waals surface area (Å²) in [7, 11) is 1.32. The van der Waals surface area contributed by atoms with Gasteiger partial charge in [-0.1, -0.05) is 80.4 Å². The molecule has 0 aliphatic heterocycles. The van der Waals surface area contributed by atoms with Gasteiger partial charge in [0.15, 0.2) is 6.10 Å². The Morgan fingerprint density at radius 3 is 1.92 bits per heavy atom. The van der Waals surface area contributed by atoms with E-state index in [4.69, 9.17) is 4.74 Å². The lowest BCUT2D eigenvalue weighted by Crippen LogP contribution is -2.47. The van der Waals surface area contributed by atoms with Crippen molar-refractivity contribution in [1.82, 2.24) is 4.90 Å². The number of rotatable bonds is 10. The minimum Gasteiger partial charge on any atom is -0.467 e. The molecule has 0 amide bonds. The van der Waals surface area contributed by atoms with Crippen LogP contribution in [-0.4, -0.2) is 35.2 Å². The summed E-state index contributed by atoms with van der Waals surface area (Å²) < 4.78 is 4.81. The number of carbonyl (C=O) groups is 1. The van der Waals surface area contributed by atoms with Crippen LogP contribution in [0.1, 0.15) is 37.3 Å². The topological polar surface area (TPSA) is 49.8 Å². The quantitative estimate of drug-likeness (QED) is 0.659. The molecule has 26 heavy (non-hydrogen) atoms. The van der Waals surface area contributed by atoms with Crippen molar-refractivity contribution < 1.29 is 14.6 Å². The summed E-state index contributed by atoms with van der Waals surface area (Å²) in [5.41, 5.74) is 2.31. The number of esters is 1. The van der Waals surface area contributed by atoms with Gasteiger partial charge in [-0.25, -0.2) is 4.79 Å². The molecule has 0 saturated carbocycles. The molecule has 0 aromatic heterocycles. The fourth-order valence-electron chi connectivity index (χ4n) is 3.16. The third-order valence-electron chi connectivity index (χ3n) is 4.59. The second-order valence-corrected chi connectivity index (χ2v) is 6.55. The Morgan fingerprint density at radius 1 is 1.00 bits per heavy atom. The van der Waals surface area contributed by atoms with E-state index >= 15 is 0 Å². The number of nitrogens with zero attached hydrogens (tertiary/aromatic N) is 1. The van der Waals surface area contributed by atoms with Crippen molar-refractivity contribution in [3.63, 3.8) is 0 Å². The van der Waals surface area contributed by atoms with Gasteiger partial charge in [0.2, 0.25) is 0 Å². The van der Waals surface area contributed by atoms with Crippen molar-refractivity contribution in [3.8, 4) is 0 Å².